The average Bonchev–Trinajstić information content (AvgIpc) is 3.04. The predicted molar refractivity (Wildman–Crippen MR) is 93.2 cm³/mol. The van der Waals surface area contributed by atoms with Gasteiger partial charge < -0.3 is 35.4 Å². The lowest BCUT2D eigenvalue weighted by molar-refractivity contribution is -0.0955. The number of ether oxygens (including phenoxy) is 1. The van der Waals surface area contributed by atoms with Crippen LogP contribution in [0, 0.1) is 0 Å². The Hall–Kier alpha value is -2.57. The molecule has 1 fully saturated rings. The second kappa shape index (κ2) is 5.72. The molecule has 0 bridgehead atoms. The van der Waals surface area contributed by atoms with E-state index in [1.807, 2.05) is 0 Å². The van der Waals surface area contributed by atoms with Crippen molar-refractivity contribution in [1.29, 1.82) is 0 Å². The molecule has 0 spiro atoms. The number of aliphatic hydroxyl groups is 3. The van der Waals surface area contributed by atoms with Crippen LogP contribution < -0.4 is 22.1 Å². The van der Waals surface area contributed by atoms with Gasteiger partial charge in [0.2, 0.25) is 0 Å². The van der Waals surface area contributed by atoms with E-state index >= 15 is 0 Å². The molecule has 2 aliphatic heterocycles. The molecule has 11 heteroatoms. The zero-order valence-corrected chi connectivity index (χ0v) is 13.7. The minimum absolute atomic E-state index is 0.284. The molecule has 0 amide bonds. The van der Waals surface area contributed by atoms with Crippen LogP contribution in [0.4, 0.5) is 17.3 Å². The lowest BCUT2D eigenvalue weighted by Gasteiger charge is -2.28. The summed E-state index contributed by atoms with van der Waals surface area (Å²) >= 11 is 0. The van der Waals surface area contributed by atoms with Crippen molar-refractivity contribution in [2.24, 2.45) is 10.8 Å². The zero-order chi connectivity index (χ0) is 18.6. The number of aromatic nitrogens is 2. The third-order valence-electron chi connectivity index (χ3n) is 4.75. The first-order chi connectivity index (χ1) is 12.4. The van der Waals surface area contributed by atoms with Gasteiger partial charge in [0.25, 0.3) is 5.56 Å². The maximum absolute atomic E-state index is 11.9. The standard InChI is InChI=1S/C15H18N6O5/c1-15(25)11(24)8(4-22)26-14(15)21-3-6-7(20-16)2-9(23)19-12-10(6)13(21)18-5-17-12/h2-3,5,8,11,14,20,22,24-25H,4,16H2,1H3,(H,17,18,19,23)/t8-,11-,14-,15+/m1/s1. The highest BCUT2D eigenvalue weighted by Crippen LogP contribution is 2.45. The van der Waals surface area contributed by atoms with Gasteiger partial charge in [0.15, 0.2) is 6.23 Å². The van der Waals surface area contributed by atoms with Crippen LogP contribution in [0.3, 0.4) is 0 Å². The Morgan fingerprint density at radius 2 is 2.31 bits per heavy atom. The summed E-state index contributed by atoms with van der Waals surface area (Å²) in [4.78, 5) is 20.2. The molecule has 2 aromatic heterocycles. The summed E-state index contributed by atoms with van der Waals surface area (Å²) in [6, 6.07) is 1.24. The highest BCUT2D eigenvalue weighted by atomic mass is 16.6. The van der Waals surface area contributed by atoms with Crippen LogP contribution in [0.2, 0.25) is 0 Å². The van der Waals surface area contributed by atoms with Crippen molar-refractivity contribution in [2.45, 2.75) is 31.0 Å². The fourth-order valence-electron chi connectivity index (χ4n) is 3.43. The van der Waals surface area contributed by atoms with Crippen LogP contribution in [0.1, 0.15) is 13.2 Å². The van der Waals surface area contributed by atoms with E-state index < -0.39 is 36.2 Å². The predicted octanol–water partition coefficient (Wildman–Crippen LogP) is -1.23. The largest absolute Gasteiger partial charge is 0.394 e. The number of nitrogens with one attached hydrogen (secondary N) is 2. The molecule has 0 aromatic carbocycles. The number of nitrogens with two attached hydrogens (primary N) is 1. The number of nitrogens with zero attached hydrogens (tertiary/aromatic N) is 3. The highest BCUT2D eigenvalue weighted by molar-refractivity contribution is 6.10. The summed E-state index contributed by atoms with van der Waals surface area (Å²) in [5.74, 6) is 6.19. The van der Waals surface area contributed by atoms with Gasteiger partial charge in [-0.1, -0.05) is 0 Å². The van der Waals surface area contributed by atoms with E-state index in [1.165, 1.54) is 23.9 Å². The quantitative estimate of drug-likeness (QED) is 0.289. The van der Waals surface area contributed by atoms with Crippen LogP contribution in [0.5, 0.6) is 0 Å². The van der Waals surface area contributed by atoms with E-state index in [4.69, 9.17) is 10.6 Å². The molecule has 7 N–H and O–H groups in total. The molecular weight excluding hydrogens is 344 g/mol. The number of rotatable bonds is 3. The topological polar surface area (TPSA) is 167 Å². The lowest BCUT2D eigenvalue weighted by Crippen LogP contribution is -2.44. The van der Waals surface area contributed by atoms with E-state index in [0.717, 1.165) is 0 Å². The van der Waals surface area contributed by atoms with E-state index in [2.05, 4.69) is 20.7 Å². The summed E-state index contributed by atoms with van der Waals surface area (Å²) in [7, 11) is 0. The molecule has 4 rings (SSSR count). The van der Waals surface area contributed by atoms with Crippen molar-refractivity contribution in [3.05, 3.63) is 22.6 Å². The first-order valence-corrected chi connectivity index (χ1v) is 7.90. The Labute approximate surface area is 146 Å². The smallest absolute Gasteiger partial charge is 0.273 e. The number of hydrogen-bond acceptors (Lipinski definition) is 10. The van der Waals surface area contributed by atoms with Gasteiger partial charge in [-0.3, -0.25) is 10.6 Å². The summed E-state index contributed by atoms with van der Waals surface area (Å²) in [5.41, 5.74) is 0.599. The summed E-state index contributed by atoms with van der Waals surface area (Å²) in [6.45, 7) is 0.961. The molecule has 0 aliphatic carbocycles. The Morgan fingerprint density at radius 3 is 2.96 bits per heavy atom. The van der Waals surface area contributed by atoms with E-state index in [1.54, 1.807) is 6.20 Å². The second-order valence-electron chi connectivity index (χ2n) is 6.43. The molecule has 0 saturated carbocycles. The fraction of sp³-hybridized carbons (Fsp3) is 0.400. The molecule has 2 aromatic rings. The van der Waals surface area contributed by atoms with Crippen molar-refractivity contribution in [3.8, 4) is 0 Å². The normalized spacial score (nSPS) is 29.8. The molecule has 4 atom stereocenters. The van der Waals surface area contributed by atoms with Gasteiger partial charge >= 0.3 is 0 Å². The van der Waals surface area contributed by atoms with Crippen molar-refractivity contribution in [2.75, 3.05) is 17.3 Å². The maximum Gasteiger partial charge on any atom is 0.273 e. The van der Waals surface area contributed by atoms with Gasteiger partial charge in [0, 0.05) is 17.6 Å². The maximum atomic E-state index is 11.9. The average molecular weight is 362 g/mol. The molecule has 0 unspecified atom stereocenters. The SMILES string of the molecule is C[C@]1(O)[C@H](O)[C@@H](CO)O[C@H]1n1cc2c(NN)cc(=O)nc3c2c1N=CN3. The molecule has 4 heterocycles. The van der Waals surface area contributed by atoms with Crippen LogP contribution in [0.25, 0.3) is 10.8 Å². The van der Waals surface area contributed by atoms with Crippen molar-refractivity contribution in [3.63, 3.8) is 0 Å². The van der Waals surface area contributed by atoms with Crippen LogP contribution >= 0.6 is 0 Å². The van der Waals surface area contributed by atoms with E-state index in [-0.39, 0.29) is 5.82 Å². The van der Waals surface area contributed by atoms with Crippen LogP contribution in [0.15, 0.2) is 22.1 Å². The zero-order valence-electron chi connectivity index (χ0n) is 13.7. The van der Waals surface area contributed by atoms with Gasteiger partial charge in [0.1, 0.15) is 29.4 Å². The number of aliphatic hydroxyl groups excluding tert-OH is 2. The molecule has 0 radical (unpaired) electrons. The number of anilines is 2. The minimum Gasteiger partial charge on any atom is -0.394 e. The molecule has 26 heavy (non-hydrogen) atoms. The monoisotopic (exact) mass is 362 g/mol. The number of nitrogen functional groups attached to an aromatic ring is 1. The van der Waals surface area contributed by atoms with Crippen molar-refractivity contribution < 1.29 is 20.1 Å². The van der Waals surface area contributed by atoms with Crippen LogP contribution in [-0.2, 0) is 4.74 Å². The summed E-state index contributed by atoms with van der Waals surface area (Å²) < 4.78 is 7.19. The Bertz CT molecular complexity index is 971. The Kier molecular flexibility index (Phi) is 3.71. The minimum atomic E-state index is -1.69. The summed E-state index contributed by atoms with van der Waals surface area (Å²) in [6.07, 6.45) is -0.315. The van der Waals surface area contributed by atoms with Gasteiger partial charge in [0.05, 0.1) is 24.0 Å². The molecule has 1 saturated heterocycles. The summed E-state index contributed by atoms with van der Waals surface area (Å²) in [5, 5.41) is 34.2. The first kappa shape index (κ1) is 16.9. The molecule has 2 aliphatic rings. The number of hydrazine groups is 1. The Morgan fingerprint density at radius 1 is 1.54 bits per heavy atom. The van der Waals surface area contributed by atoms with Crippen molar-refractivity contribution >= 4 is 34.4 Å². The van der Waals surface area contributed by atoms with Crippen molar-refractivity contribution in [1.82, 2.24) is 9.55 Å². The fourth-order valence-corrected chi connectivity index (χ4v) is 3.43. The van der Waals surface area contributed by atoms with Gasteiger partial charge in [-0.15, -0.1) is 0 Å². The van der Waals surface area contributed by atoms with E-state index in [9.17, 15) is 20.1 Å². The second-order valence-corrected chi connectivity index (χ2v) is 6.43. The third-order valence-corrected chi connectivity index (χ3v) is 4.75. The number of hydrogen-bond donors (Lipinski definition) is 6. The van der Waals surface area contributed by atoms with Gasteiger partial charge in [-0.05, 0) is 6.92 Å². The Balaban J connectivity index is 1.99. The number of aliphatic imine (C=N–C) groups is 1. The van der Waals surface area contributed by atoms with Crippen LogP contribution in [-0.4, -0.2) is 55.6 Å². The van der Waals surface area contributed by atoms with Gasteiger partial charge in [-0.25, -0.2) is 4.99 Å². The highest BCUT2D eigenvalue weighted by Gasteiger charge is 2.53. The molecule has 11 nitrogen and oxygen atoms in total. The molecular formula is C15H18N6O5. The third kappa shape index (κ3) is 2.22. The first-order valence-electron chi connectivity index (χ1n) is 7.90. The van der Waals surface area contributed by atoms with E-state index in [0.29, 0.717) is 22.3 Å². The van der Waals surface area contributed by atoms with Gasteiger partial charge in [-0.2, -0.15) is 4.98 Å². The molecule has 138 valence electrons. The lowest BCUT2D eigenvalue weighted by atomic mass is 9.96.